The van der Waals surface area contributed by atoms with Crippen LogP contribution in [0.2, 0.25) is 0 Å². The molecule has 2 aromatic rings. The van der Waals surface area contributed by atoms with Gasteiger partial charge in [0.1, 0.15) is 5.82 Å². The molecule has 3 rings (SSSR count). The van der Waals surface area contributed by atoms with Gasteiger partial charge in [0.25, 0.3) is 0 Å². The van der Waals surface area contributed by atoms with E-state index < -0.39 is 0 Å². The molecule has 0 N–H and O–H groups in total. The molecule has 0 radical (unpaired) electrons. The quantitative estimate of drug-likeness (QED) is 0.754. The van der Waals surface area contributed by atoms with E-state index in [4.69, 9.17) is 0 Å². The van der Waals surface area contributed by atoms with Gasteiger partial charge in [-0.2, -0.15) is 0 Å². The van der Waals surface area contributed by atoms with Crippen molar-refractivity contribution < 1.29 is 4.79 Å². The molecule has 1 aliphatic rings. The predicted molar refractivity (Wildman–Crippen MR) is 97.5 cm³/mol. The van der Waals surface area contributed by atoms with Gasteiger partial charge in [0.15, 0.2) is 5.16 Å². The highest BCUT2D eigenvalue weighted by atomic mass is 32.2. The first-order valence-electron chi connectivity index (χ1n) is 8.60. The lowest BCUT2D eigenvalue weighted by Crippen LogP contribution is -2.37. The number of amides is 1. The maximum atomic E-state index is 12.8. The van der Waals surface area contributed by atoms with Crippen molar-refractivity contribution >= 4 is 23.4 Å². The van der Waals surface area contributed by atoms with E-state index in [0.29, 0.717) is 5.75 Å². The van der Waals surface area contributed by atoms with Crippen LogP contribution in [0.1, 0.15) is 38.6 Å². The number of aryl methyl sites for hydroxylation is 1. The Hall–Kier alpha value is -1.82. The van der Waals surface area contributed by atoms with Crippen LogP contribution in [0, 0.1) is 0 Å². The summed E-state index contributed by atoms with van der Waals surface area (Å²) in [6.07, 6.45) is 2.90. The number of fused-ring (bicyclic) bond motifs is 1. The molecule has 1 atom stereocenters. The number of para-hydroxylation sites is 1. The molecule has 2 heterocycles. The average molecular weight is 344 g/mol. The molecular formula is C18H24N4OS. The Morgan fingerprint density at radius 2 is 2.08 bits per heavy atom. The number of aromatic nitrogens is 3. The van der Waals surface area contributed by atoms with Gasteiger partial charge in [-0.25, -0.2) is 0 Å². The molecule has 1 aromatic carbocycles. The SMILES string of the molecule is CCCc1nnc(SCC(=O)N2c3ccccc3CC2C)n1CC. The van der Waals surface area contributed by atoms with Crippen LogP contribution in [0.15, 0.2) is 29.4 Å². The molecule has 1 aromatic heterocycles. The van der Waals surface area contributed by atoms with Gasteiger partial charge >= 0.3 is 0 Å². The molecule has 5 nitrogen and oxygen atoms in total. The second-order valence-electron chi connectivity index (χ2n) is 6.13. The van der Waals surface area contributed by atoms with Crippen LogP contribution in [-0.2, 0) is 24.2 Å². The predicted octanol–water partition coefficient (Wildman–Crippen LogP) is 3.32. The molecule has 0 bridgehead atoms. The second kappa shape index (κ2) is 7.38. The Morgan fingerprint density at radius 1 is 1.29 bits per heavy atom. The van der Waals surface area contributed by atoms with Gasteiger partial charge in [-0.3, -0.25) is 4.79 Å². The number of thioether (sulfide) groups is 1. The monoisotopic (exact) mass is 344 g/mol. The van der Waals surface area contributed by atoms with Crippen molar-refractivity contribution in [1.29, 1.82) is 0 Å². The molecule has 1 amide bonds. The summed E-state index contributed by atoms with van der Waals surface area (Å²) in [6.45, 7) is 7.17. The summed E-state index contributed by atoms with van der Waals surface area (Å²) in [5, 5.41) is 9.39. The van der Waals surface area contributed by atoms with Gasteiger partial charge in [-0.1, -0.05) is 36.9 Å². The minimum Gasteiger partial charge on any atom is -0.308 e. The van der Waals surface area contributed by atoms with Crippen molar-refractivity contribution in [3.05, 3.63) is 35.7 Å². The summed E-state index contributed by atoms with van der Waals surface area (Å²) in [6, 6.07) is 8.39. The molecule has 0 saturated carbocycles. The van der Waals surface area contributed by atoms with E-state index in [1.54, 1.807) is 0 Å². The third-order valence-corrected chi connectivity index (χ3v) is 5.34. The van der Waals surface area contributed by atoms with E-state index in [1.807, 2.05) is 23.1 Å². The summed E-state index contributed by atoms with van der Waals surface area (Å²) >= 11 is 1.49. The van der Waals surface area contributed by atoms with Crippen LogP contribution in [0.3, 0.4) is 0 Å². The lowest BCUT2D eigenvalue weighted by atomic mass is 10.1. The first-order chi connectivity index (χ1) is 11.7. The fourth-order valence-corrected chi connectivity index (χ4v) is 4.17. The van der Waals surface area contributed by atoms with Crippen LogP contribution in [0.4, 0.5) is 5.69 Å². The van der Waals surface area contributed by atoms with Gasteiger partial charge in [0.2, 0.25) is 5.91 Å². The zero-order valence-corrected chi connectivity index (χ0v) is 15.3. The fourth-order valence-electron chi connectivity index (χ4n) is 3.29. The van der Waals surface area contributed by atoms with Crippen molar-refractivity contribution in [2.24, 2.45) is 0 Å². The van der Waals surface area contributed by atoms with E-state index in [-0.39, 0.29) is 11.9 Å². The highest BCUT2D eigenvalue weighted by Gasteiger charge is 2.30. The highest BCUT2D eigenvalue weighted by molar-refractivity contribution is 7.99. The molecule has 0 spiro atoms. The molecule has 1 aliphatic heterocycles. The van der Waals surface area contributed by atoms with Gasteiger partial charge in [0.05, 0.1) is 5.75 Å². The minimum absolute atomic E-state index is 0.139. The lowest BCUT2D eigenvalue weighted by molar-refractivity contribution is -0.116. The number of hydrogen-bond acceptors (Lipinski definition) is 4. The Labute approximate surface area is 147 Å². The smallest absolute Gasteiger partial charge is 0.237 e. The normalized spacial score (nSPS) is 16.5. The highest BCUT2D eigenvalue weighted by Crippen LogP contribution is 2.32. The van der Waals surface area contributed by atoms with Gasteiger partial charge < -0.3 is 9.47 Å². The number of nitrogens with zero attached hydrogens (tertiary/aromatic N) is 4. The molecule has 0 fully saturated rings. The Morgan fingerprint density at radius 3 is 2.83 bits per heavy atom. The summed E-state index contributed by atoms with van der Waals surface area (Å²) in [4.78, 5) is 14.7. The zero-order chi connectivity index (χ0) is 17.1. The third kappa shape index (κ3) is 3.20. The Balaban J connectivity index is 1.70. The lowest BCUT2D eigenvalue weighted by Gasteiger charge is -2.22. The standard InChI is InChI=1S/C18H24N4OS/c1-4-8-16-19-20-18(21(16)5-2)24-12-17(23)22-13(3)11-14-9-6-7-10-15(14)22/h6-7,9-10,13H,4-5,8,11-12H2,1-3H3. The van der Waals surface area contributed by atoms with Crippen LogP contribution in [0.25, 0.3) is 0 Å². The summed E-state index contributed by atoms with van der Waals surface area (Å²) in [5.41, 5.74) is 2.31. The van der Waals surface area contributed by atoms with Crippen LogP contribution in [0.5, 0.6) is 0 Å². The summed E-state index contributed by atoms with van der Waals surface area (Å²) in [7, 11) is 0. The molecule has 128 valence electrons. The van der Waals surface area contributed by atoms with Crippen molar-refractivity contribution in [1.82, 2.24) is 14.8 Å². The Kier molecular flexibility index (Phi) is 5.23. The molecule has 24 heavy (non-hydrogen) atoms. The van der Waals surface area contributed by atoms with Gasteiger partial charge in [-0.15, -0.1) is 10.2 Å². The number of hydrogen-bond donors (Lipinski definition) is 0. The van der Waals surface area contributed by atoms with E-state index in [2.05, 4.69) is 41.6 Å². The van der Waals surface area contributed by atoms with Crippen molar-refractivity contribution in [2.45, 2.75) is 57.8 Å². The van der Waals surface area contributed by atoms with Crippen molar-refractivity contribution in [2.75, 3.05) is 10.7 Å². The number of anilines is 1. The Bertz CT molecular complexity index is 728. The maximum Gasteiger partial charge on any atom is 0.237 e. The van der Waals surface area contributed by atoms with Crippen molar-refractivity contribution in [3.63, 3.8) is 0 Å². The summed E-state index contributed by atoms with van der Waals surface area (Å²) < 4.78 is 2.11. The van der Waals surface area contributed by atoms with E-state index in [1.165, 1.54) is 17.3 Å². The topological polar surface area (TPSA) is 51.0 Å². The fraction of sp³-hybridized carbons (Fsp3) is 0.500. The average Bonchev–Trinajstić information content (AvgIpc) is 3.12. The minimum atomic E-state index is 0.139. The van der Waals surface area contributed by atoms with Crippen LogP contribution < -0.4 is 4.90 Å². The third-order valence-electron chi connectivity index (χ3n) is 4.38. The van der Waals surface area contributed by atoms with E-state index in [9.17, 15) is 4.79 Å². The largest absolute Gasteiger partial charge is 0.308 e. The zero-order valence-electron chi connectivity index (χ0n) is 14.5. The number of benzene rings is 1. The molecule has 1 unspecified atom stereocenters. The van der Waals surface area contributed by atoms with Crippen molar-refractivity contribution in [3.8, 4) is 0 Å². The molecule has 6 heteroatoms. The number of carbonyl (C=O) groups excluding carboxylic acids is 1. The molecule has 0 aliphatic carbocycles. The van der Waals surface area contributed by atoms with Crippen LogP contribution in [-0.4, -0.2) is 32.5 Å². The van der Waals surface area contributed by atoms with Crippen LogP contribution >= 0.6 is 11.8 Å². The van der Waals surface area contributed by atoms with Gasteiger partial charge in [-0.05, 0) is 38.3 Å². The van der Waals surface area contributed by atoms with Gasteiger partial charge in [0, 0.05) is 24.7 Å². The number of carbonyl (C=O) groups is 1. The van der Waals surface area contributed by atoms with E-state index in [0.717, 1.165) is 42.5 Å². The molecule has 0 saturated heterocycles. The second-order valence-corrected chi connectivity index (χ2v) is 7.07. The van der Waals surface area contributed by atoms with E-state index >= 15 is 0 Å². The summed E-state index contributed by atoms with van der Waals surface area (Å²) in [5.74, 6) is 1.54. The first kappa shape index (κ1) is 17.0. The maximum absolute atomic E-state index is 12.8. The first-order valence-corrected chi connectivity index (χ1v) is 9.59. The molecular weight excluding hydrogens is 320 g/mol. The number of rotatable bonds is 6.